The lowest BCUT2D eigenvalue weighted by Gasteiger charge is -2.11. The van der Waals surface area contributed by atoms with Gasteiger partial charge in [0.25, 0.3) is 0 Å². The zero-order valence-electron chi connectivity index (χ0n) is 30.5. The van der Waals surface area contributed by atoms with Crippen LogP contribution in [0.15, 0.2) is 188 Å². The molecule has 0 aliphatic rings. The van der Waals surface area contributed by atoms with Crippen LogP contribution < -0.4 is 0 Å². The molecule has 0 saturated carbocycles. The number of fused-ring (bicyclic) bond motifs is 9. The van der Waals surface area contributed by atoms with Crippen LogP contribution in [0.4, 0.5) is 0 Å². The summed E-state index contributed by atoms with van der Waals surface area (Å²) >= 11 is 1.74. The van der Waals surface area contributed by atoms with Crippen molar-refractivity contribution in [1.29, 1.82) is 0 Å². The van der Waals surface area contributed by atoms with Gasteiger partial charge < -0.3 is 4.57 Å². The molecule has 12 aromatic rings. The lowest BCUT2D eigenvalue weighted by molar-refractivity contribution is 1.08. The number of para-hydroxylation sites is 2. The third-order valence-electron chi connectivity index (χ3n) is 11.2. The second-order valence-corrected chi connectivity index (χ2v) is 15.5. The Labute approximate surface area is 331 Å². The highest BCUT2D eigenvalue weighted by Gasteiger charge is 2.22. The number of hydrogen-bond acceptors (Lipinski definition) is 4. The van der Waals surface area contributed by atoms with Crippen molar-refractivity contribution in [3.8, 4) is 44.5 Å². The van der Waals surface area contributed by atoms with Crippen LogP contribution in [-0.4, -0.2) is 24.1 Å². The molecule has 0 aliphatic carbocycles. The molecule has 0 radical (unpaired) electrons. The summed E-state index contributed by atoms with van der Waals surface area (Å²) in [4.78, 5) is 16.0. The van der Waals surface area contributed by atoms with Gasteiger partial charge in [0.05, 0.1) is 32.3 Å². The highest BCUT2D eigenvalue weighted by Crippen LogP contribution is 2.43. The molecule has 57 heavy (non-hydrogen) atoms. The van der Waals surface area contributed by atoms with Crippen molar-refractivity contribution >= 4 is 75.9 Å². The fraction of sp³-hybridized carbons (Fsp3) is 0. The van der Waals surface area contributed by atoms with E-state index < -0.39 is 0 Å². The molecular weight excluding hydrogens is 715 g/mol. The Bertz CT molecular complexity index is 3510. The van der Waals surface area contributed by atoms with Crippen LogP contribution in [0.5, 0.6) is 0 Å². The number of pyridine rings is 1. The Balaban J connectivity index is 1.14. The van der Waals surface area contributed by atoms with Gasteiger partial charge in [-0.2, -0.15) is 0 Å². The molecule has 0 aliphatic heterocycles. The Morgan fingerprint density at radius 1 is 0.421 bits per heavy atom. The van der Waals surface area contributed by atoms with E-state index in [1.54, 1.807) is 23.7 Å². The fourth-order valence-corrected chi connectivity index (χ4v) is 9.73. The van der Waals surface area contributed by atoms with Gasteiger partial charge in [-0.3, -0.25) is 9.55 Å². The number of nitrogens with zero attached hydrogens (tertiary/aromatic N) is 5. The van der Waals surface area contributed by atoms with Gasteiger partial charge in [0.15, 0.2) is 11.6 Å². The highest BCUT2D eigenvalue weighted by atomic mass is 32.1. The minimum atomic E-state index is 0.673. The molecule has 0 unspecified atom stereocenters. The van der Waals surface area contributed by atoms with E-state index in [-0.39, 0.29) is 0 Å². The van der Waals surface area contributed by atoms with Gasteiger partial charge >= 0.3 is 0 Å². The van der Waals surface area contributed by atoms with Crippen LogP contribution in [0.25, 0.3) is 109 Å². The summed E-state index contributed by atoms with van der Waals surface area (Å²) in [6.45, 7) is 0. The Hall–Kier alpha value is -7.41. The van der Waals surface area contributed by atoms with Crippen LogP contribution >= 0.6 is 11.3 Å². The van der Waals surface area contributed by atoms with E-state index in [1.165, 1.54) is 48.9 Å². The predicted octanol–water partition coefficient (Wildman–Crippen LogP) is 13.4. The maximum absolute atomic E-state index is 5.41. The van der Waals surface area contributed by atoms with Crippen LogP contribution in [0.2, 0.25) is 0 Å². The molecular formula is C51H31N5S. The van der Waals surface area contributed by atoms with Crippen molar-refractivity contribution in [3.63, 3.8) is 0 Å². The monoisotopic (exact) mass is 745 g/mol. The normalized spacial score (nSPS) is 11.9. The summed E-state index contributed by atoms with van der Waals surface area (Å²) in [5.41, 5.74) is 11.1. The maximum Gasteiger partial charge on any atom is 0.162 e. The lowest BCUT2D eigenvalue weighted by atomic mass is 9.99. The first-order valence-corrected chi connectivity index (χ1v) is 19.9. The van der Waals surface area contributed by atoms with Gasteiger partial charge in [-0.15, -0.1) is 11.3 Å². The Kier molecular flexibility index (Phi) is 7.03. The molecule has 0 fully saturated rings. The van der Waals surface area contributed by atoms with Crippen LogP contribution in [0.3, 0.4) is 0 Å². The van der Waals surface area contributed by atoms with Gasteiger partial charge in [0, 0.05) is 50.1 Å². The first-order chi connectivity index (χ1) is 28.3. The summed E-state index contributed by atoms with van der Waals surface area (Å²) in [5.74, 6) is 1.54. The van der Waals surface area contributed by atoms with E-state index in [4.69, 9.17) is 9.97 Å². The van der Waals surface area contributed by atoms with Crippen molar-refractivity contribution in [3.05, 3.63) is 188 Å². The van der Waals surface area contributed by atoms with Crippen molar-refractivity contribution in [2.45, 2.75) is 0 Å². The molecule has 5 nitrogen and oxygen atoms in total. The van der Waals surface area contributed by atoms with Crippen molar-refractivity contribution in [2.75, 3.05) is 0 Å². The minimum absolute atomic E-state index is 0.673. The third kappa shape index (κ3) is 4.98. The highest BCUT2D eigenvalue weighted by molar-refractivity contribution is 7.22. The Morgan fingerprint density at radius 2 is 1.11 bits per heavy atom. The molecule has 6 heteroatoms. The quantitative estimate of drug-likeness (QED) is 0.176. The summed E-state index contributed by atoms with van der Waals surface area (Å²) in [5, 5.41) is 7.30. The predicted molar refractivity (Wildman–Crippen MR) is 238 cm³/mol. The molecule has 7 aromatic carbocycles. The lowest BCUT2D eigenvalue weighted by Crippen LogP contribution is -2.01. The average Bonchev–Trinajstić information content (AvgIpc) is 3.97. The molecule has 0 N–H and O–H groups in total. The van der Waals surface area contributed by atoms with Gasteiger partial charge in [-0.1, -0.05) is 115 Å². The minimum Gasteiger partial charge on any atom is -0.309 e. The standard InChI is InChI=1S/C51H31N5S/c1-3-12-33(13-4-1)47-31-42-49(57-47)51(54-50(53-42)34-25-27-52-28-26-34)56-44-23-21-35(29-41(44)48-38-16-8-7-11-32(38)20-24-45(48)56)36-19-22-40-39-17-9-10-18-43(39)55(46(40)30-36)37-14-5-2-6-15-37/h1-31H. The topological polar surface area (TPSA) is 48.5 Å². The summed E-state index contributed by atoms with van der Waals surface area (Å²) in [6, 6.07) is 63.1. The van der Waals surface area contributed by atoms with Gasteiger partial charge in [-0.25, -0.2) is 9.97 Å². The number of hydrogen-bond donors (Lipinski definition) is 0. The number of benzene rings is 7. The van der Waals surface area contributed by atoms with Crippen LogP contribution in [0, 0.1) is 0 Å². The molecule has 0 bridgehead atoms. The number of aromatic nitrogens is 5. The summed E-state index contributed by atoms with van der Waals surface area (Å²) in [7, 11) is 0. The zero-order chi connectivity index (χ0) is 37.5. The van der Waals surface area contributed by atoms with Gasteiger partial charge in [-0.05, 0) is 88.1 Å². The average molecular weight is 746 g/mol. The zero-order valence-corrected chi connectivity index (χ0v) is 31.4. The van der Waals surface area contributed by atoms with Crippen LogP contribution in [-0.2, 0) is 0 Å². The SMILES string of the molecule is c1ccc(-c2cc3nc(-c4ccncc4)nc(-n4c5ccc(-c6ccc7c8ccccc8n(-c8ccccc8)c7c6)cc5c5c6ccccc6ccc54)c3s2)cc1. The third-order valence-corrected chi connectivity index (χ3v) is 12.4. The molecule has 12 rings (SSSR count). The molecule has 0 saturated heterocycles. The largest absolute Gasteiger partial charge is 0.309 e. The van der Waals surface area contributed by atoms with Crippen molar-refractivity contribution in [1.82, 2.24) is 24.1 Å². The number of rotatable bonds is 5. The molecule has 0 atom stereocenters. The molecule has 0 spiro atoms. The maximum atomic E-state index is 5.41. The summed E-state index contributed by atoms with van der Waals surface area (Å²) < 4.78 is 5.79. The molecule has 5 aromatic heterocycles. The van der Waals surface area contributed by atoms with E-state index in [1.807, 2.05) is 12.1 Å². The van der Waals surface area contributed by atoms with Gasteiger partial charge in [0.2, 0.25) is 0 Å². The van der Waals surface area contributed by atoms with Crippen LogP contribution in [0.1, 0.15) is 0 Å². The fourth-order valence-electron chi connectivity index (χ4n) is 8.64. The summed E-state index contributed by atoms with van der Waals surface area (Å²) in [6.07, 6.45) is 3.60. The van der Waals surface area contributed by atoms with E-state index in [2.05, 4.69) is 178 Å². The van der Waals surface area contributed by atoms with Crippen molar-refractivity contribution < 1.29 is 0 Å². The van der Waals surface area contributed by atoms with E-state index in [9.17, 15) is 0 Å². The molecule has 266 valence electrons. The first-order valence-electron chi connectivity index (χ1n) is 19.1. The second-order valence-electron chi connectivity index (χ2n) is 14.5. The molecule has 5 heterocycles. The van der Waals surface area contributed by atoms with E-state index in [0.29, 0.717) is 5.82 Å². The van der Waals surface area contributed by atoms with Gasteiger partial charge in [0.1, 0.15) is 0 Å². The first kappa shape index (κ1) is 31.9. The number of thiophene rings is 1. The second kappa shape index (κ2) is 12.6. The van der Waals surface area contributed by atoms with E-state index in [0.717, 1.165) is 54.3 Å². The van der Waals surface area contributed by atoms with Crippen molar-refractivity contribution in [2.24, 2.45) is 0 Å². The smallest absolute Gasteiger partial charge is 0.162 e. The van der Waals surface area contributed by atoms with E-state index >= 15 is 0 Å². The molecule has 0 amide bonds. The Morgan fingerprint density at radius 3 is 1.96 bits per heavy atom.